The standard InChI is InChI=1S/C39H73NO6/c1-5-9-10-11-12-13-14-15-16-17-18-19-20-21-22-23-24-25-26-27-28-29-33-40(34(30-6-2)37(41)42,35(31-7-3)38(43)44)36(32-8-4)39(45)46/h16-17,34-36H,5-15,18-33H2,1-4H3,(H2-,41,42,43,44,45,46)/p+1/b17-16+. The summed E-state index contributed by atoms with van der Waals surface area (Å²) in [5.41, 5.74) is 0. The summed E-state index contributed by atoms with van der Waals surface area (Å²) in [5.74, 6) is -3.24. The molecule has 3 N–H and O–H groups in total. The van der Waals surface area contributed by atoms with Crippen LogP contribution in [0, 0.1) is 0 Å². The van der Waals surface area contributed by atoms with Gasteiger partial charge in [-0.05, 0) is 57.8 Å². The molecule has 0 heterocycles. The predicted molar refractivity (Wildman–Crippen MR) is 191 cm³/mol. The molecule has 0 fully saturated rings. The fraction of sp³-hybridized carbons (Fsp3) is 0.872. The third-order valence-corrected chi connectivity index (χ3v) is 9.84. The molecule has 0 aliphatic rings. The Hall–Kier alpha value is -1.89. The maximum absolute atomic E-state index is 12.6. The number of quaternary nitrogens is 1. The molecule has 7 nitrogen and oxygen atoms in total. The van der Waals surface area contributed by atoms with Gasteiger partial charge in [0.05, 0.1) is 6.54 Å². The first-order valence-electron chi connectivity index (χ1n) is 19.4. The van der Waals surface area contributed by atoms with E-state index in [1.807, 2.05) is 20.8 Å². The number of carbonyl (C=O) groups is 3. The fourth-order valence-corrected chi connectivity index (χ4v) is 7.34. The first-order valence-corrected chi connectivity index (χ1v) is 19.4. The lowest BCUT2D eigenvalue weighted by molar-refractivity contribution is -0.973. The summed E-state index contributed by atoms with van der Waals surface area (Å²) in [5, 5.41) is 30.9. The van der Waals surface area contributed by atoms with E-state index >= 15 is 0 Å². The van der Waals surface area contributed by atoms with Crippen molar-refractivity contribution in [2.24, 2.45) is 0 Å². The van der Waals surface area contributed by atoms with Crippen molar-refractivity contribution < 1.29 is 34.2 Å². The monoisotopic (exact) mass is 653 g/mol. The van der Waals surface area contributed by atoms with Gasteiger partial charge in [0.25, 0.3) is 0 Å². The molecule has 0 rings (SSSR count). The number of carboxylic acid groups (broad SMARTS) is 3. The zero-order valence-corrected chi connectivity index (χ0v) is 30.5. The van der Waals surface area contributed by atoms with E-state index in [0.29, 0.717) is 25.7 Å². The van der Waals surface area contributed by atoms with Gasteiger partial charge in [-0.1, -0.05) is 130 Å². The number of hydrogen-bond acceptors (Lipinski definition) is 3. The molecule has 0 bridgehead atoms. The normalized spacial score (nSPS) is 15.0. The van der Waals surface area contributed by atoms with Crippen LogP contribution in [0.4, 0.5) is 0 Å². The van der Waals surface area contributed by atoms with E-state index in [9.17, 15) is 29.7 Å². The fourth-order valence-electron chi connectivity index (χ4n) is 7.34. The van der Waals surface area contributed by atoms with Crippen molar-refractivity contribution in [2.45, 2.75) is 213 Å². The van der Waals surface area contributed by atoms with Crippen LogP contribution in [-0.4, -0.2) is 62.4 Å². The molecular weight excluding hydrogens is 578 g/mol. The van der Waals surface area contributed by atoms with Gasteiger partial charge in [-0.3, -0.25) is 4.48 Å². The lowest BCUT2D eigenvalue weighted by Crippen LogP contribution is -2.72. The molecule has 0 aromatic heterocycles. The van der Waals surface area contributed by atoms with Crippen LogP contribution in [0.1, 0.15) is 195 Å². The van der Waals surface area contributed by atoms with Gasteiger partial charge in [0.1, 0.15) is 0 Å². The molecule has 46 heavy (non-hydrogen) atoms. The number of aliphatic carboxylic acids is 3. The number of allylic oxidation sites excluding steroid dienone is 2. The Morgan fingerprint density at radius 3 is 1.00 bits per heavy atom. The van der Waals surface area contributed by atoms with Gasteiger partial charge in [0.15, 0.2) is 18.1 Å². The molecule has 0 saturated carbocycles. The zero-order valence-electron chi connectivity index (χ0n) is 30.5. The summed E-state index contributed by atoms with van der Waals surface area (Å²) in [6, 6.07) is -3.14. The minimum atomic E-state index is -1.08. The second kappa shape index (κ2) is 29.3. The van der Waals surface area contributed by atoms with Gasteiger partial charge in [0, 0.05) is 19.3 Å². The molecule has 3 atom stereocenters. The topological polar surface area (TPSA) is 112 Å². The summed E-state index contributed by atoms with van der Waals surface area (Å²) in [6.07, 6.45) is 31.8. The molecule has 0 amide bonds. The van der Waals surface area contributed by atoms with Gasteiger partial charge in [-0.15, -0.1) is 0 Å². The second-order valence-corrected chi connectivity index (χ2v) is 13.7. The van der Waals surface area contributed by atoms with Crippen LogP contribution in [0.5, 0.6) is 0 Å². The molecule has 7 heteroatoms. The molecule has 0 aliphatic heterocycles. The maximum atomic E-state index is 12.6. The molecular formula is C39H74NO6+. The van der Waals surface area contributed by atoms with E-state index in [1.54, 1.807) is 0 Å². The Morgan fingerprint density at radius 1 is 0.435 bits per heavy atom. The average molecular weight is 653 g/mol. The number of carboxylic acids is 3. The van der Waals surface area contributed by atoms with Crippen molar-refractivity contribution in [1.29, 1.82) is 0 Å². The van der Waals surface area contributed by atoms with Gasteiger partial charge < -0.3 is 15.3 Å². The Bertz CT molecular complexity index is 738. The minimum Gasteiger partial charge on any atom is -0.477 e. The molecule has 0 aromatic rings. The molecule has 0 saturated heterocycles. The van der Waals surface area contributed by atoms with Crippen molar-refractivity contribution >= 4 is 17.9 Å². The molecule has 3 unspecified atom stereocenters. The number of nitrogens with zero attached hydrogens (tertiary/aromatic N) is 1. The SMILES string of the molecule is CCCCCCCCC/C=C/CCCCCCCCCCCCC[N+](C(CCC)C(=O)O)(C(CCC)C(=O)O)C(CCC)C(=O)O. The Kier molecular flexibility index (Phi) is 28.1. The van der Waals surface area contributed by atoms with Crippen LogP contribution in [0.25, 0.3) is 0 Å². The van der Waals surface area contributed by atoms with Crippen LogP contribution in [0.15, 0.2) is 12.2 Å². The van der Waals surface area contributed by atoms with Crippen LogP contribution >= 0.6 is 0 Å². The molecule has 0 aliphatic carbocycles. The number of hydrogen-bond donors (Lipinski definition) is 3. The highest BCUT2D eigenvalue weighted by molar-refractivity contribution is 5.78. The zero-order chi connectivity index (χ0) is 34.5. The van der Waals surface area contributed by atoms with E-state index in [1.165, 1.54) is 103 Å². The molecule has 0 radical (unpaired) electrons. The van der Waals surface area contributed by atoms with Crippen LogP contribution in [-0.2, 0) is 14.4 Å². The van der Waals surface area contributed by atoms with E-state index in [0.717, 1.165) is 19.3 Å². The Labute approximate surface area is 283 Å². The largest absolute Gasteiger partial charge is 0.477 e. The quantitative estimate of drug-likeness (QED) is 0.0362. The molecule has 0 aromatic carbocycles. The van der Waals surface area contributed by atoms with Crippen LogP contribution in [0.3, 0.4) is 0 Å². The maximum Gasteiger partial charge on any atom is 0.362 e. The van der Waals surface area contributed by atoms with Crippen molar-refractivity contribution in [3.63, 3.8) is 0 Å². The van der Waals surface area contributed by atoms with Crippen molar-refractivity contribution in [2.75, 3.05) is 6.54 Å². The summed E-state index contributed by atoms with van der Waals surface area (Å²) in [7, 11) is 0. The van der Waals surface area contributed by atoms with Gasteiger partial charge in [-0.2, -0.15) is 0 Å². The first kappa shape index (κ1) is 44.1. The van der Waals surface area contributed by atoms with Crippen molar-refractivity contribution in [1.82, 2.24) is 0 Å². The Balaban J connectivity index is 4.59. The summed E-state index contributed by atoms with van der Waals surface area (Å²) in [4.78, 5) is 37.9. The van der Waals surface area contributed by atoms with Gasteiger partial charge >= 0.3 is 17.9 Å². The van der Waals surface area contributed by atoms with Crippen LogP contribution in [0.2, 0.25) is 0 Å². The van der Waals surface area contributed by atoms with Gasteiger partial charge in [0.2, 0.25) is 0 Å². The molecule has 0 spiro atoms. The smallest absolute Gasteiger partial charge is 0.362 e. The first-order chi connectivity index (χ1) is 22.2. The van der Waals surface area contributed by atoms with E-state index in [-0.39, 0.29) is 30.3 Å². The highest BCUT2D eigenvalue weighted by atomic mass is 16.4. The summed E-state index contributed by atoms with van der Waals surface area (Å²) in [6.45, 7) is 8.19. The second-order valence-electron chi connectivity index (χ2n) is 13.7. The van der Waals surface area contributed by atoms with E-state index in [4.69, 9.17) is 0 Å². The predicted octanol–water partition coefficient (Wildman–Crippen LogP) is 10.9. The summed E-state index contributed by atoms with van der Waals surface area (Å²) >= 11 is 0. The lowest BCUT2D eigenvalue weighted by Gasteiger charge is -2.50. The van der Waals surface area contributed by atoms with Gasteiger partial charge in [-0.25, -0.2) is 14.4 Å². The minimum absolute atomic E-state index is 0.270. The highest BCUT2D eigenvalue weighted by Gasteiger charge is 2.56. The Morgan fingerprint density at radius 2 is 0.717 bits per heavy atom. The average Bonchev–Trinajstić information content (AvgIpc) is 3.02. The van der Waals surface area contributed by atoms with E-state index < -0.39 is 36.0 Å². The lowest BCUT2D eigenvalue weighted by atomic mass is 9.91. The number of unbranched alkanes of at least 4 members (excludes halogenated alkanes) is 18. The van der Waals surface area contributed by atoms with Crippen molar-refractivity contribution in [3.8, 4) is 0 Å². The number of rotatable bonds is 34. The molecule has 270 valence electrons. The third kappa shape index (κ3) is 18.4. The third-order valence-electron chi connectivity index (χ3n) is 9.84. The van der Waals surface area contributed by atoms with E-state index in [2.05, 4.69) is 19.1 Å². The summed E-state index contributed by atoms with van der Waals surface area (Å²) < 4.78 is -0.371. The highest BCUT2D eigenvalue weighted by Crippen LogP contribution is 2.34. The van der Waals surface area contributed by atoms with Crippen molar-refractivity contribution in [3.05, 3.63) is 12.2 Å². The van der Waals surface area contributed by atoms with Crippen LogP contribution < -0.4 is 0 Å².